The van der Waals surface area contributed by atoms with Crippen molar-refractivity contribution < 1.29 is 8.85 Å². The largest absolute Gasteiger partial charge is 0.496 e. The Morgan fingerprint density at radius 2 is 1.14 bits per heavy atom. The Labute approximate surface area is 383 Å². The Morgan fingerprint density at radius 1 is 0.516 bits per heavy atom. The van der Waals surface area contributed by atoms with Crippen molar-refractivity contribution in [2.75, 3.05) is 7.11 Å². The first-order valence-electron chi connectivity index (χ1n) is 23.6. The van der Waals surface area contributed by atoms with Crippen molar-refractivity contribution in [3.05, 3.63) is 192 Å². The molecule has 0 unspecified atom stereocenters. The van der Waals surface area contributed by atoms with E-state index in [2.05, 4.69) is 164 Å². The highest BCUT2D eigenvalue weighted by atomic mass is 16.5. The quantitative estimate of drug-likeness (QED) is 0.153. The van der Waals surface area contributed by atoms with Crippen molar-refractivity contribution in [1.29, 1.82) is 0 Å². The van der Waals surface area contributed by atoms with Crippen molar-refractivity contribution in [3.8, 4) is 78.6 Å². The van der Waals surface area contributed by atoms with Crippen molar-refractivity contribution in [2.45, 2.75) is 73.1 Å². The zero-order valence-electron chi connectivity index (χ0n) is 41.3. The highest BCUT2D eigenvalue weighted by Crippen LogP contribution is 2.43. The number of benzene rings is 7. The minimum atomic E-state index is -2.47. The van der Waals surface area contributed by atoms with Gasteiger partial charge >= 0.3 is 0 Å². The maximum atomic E-state index is 9.11. The number of rotatable bonds is 8. The number of imidazole rings is 1. The van der Waals surface area contributed by atoms with E-state index >= 15 is 0 Å². The van der Waals surface area contributed by atoms with Gasteiger partial charge in [0.25, 0.3) is 0 Å². The number of ether oxygens (including phenoxy) is 1. The molecular weight excluding hydrogens is 779 g/mol. The second-order valence-corrected chi connectivity index (χ2v) is 19.1. The number of hydrogen-bond acceptors (Lipinski definition) is 3. The molecule has 2 heterocycles. The number of nitrogens with zero attached hydrogens (tertiary/aromatic N) is 3. The van der Waals surface area contributed by atoms with Crippen LogP contribution in [0.5, 0.6) is 5.75 Å². The van der Waals surface area contributed by atoms with Gasteiger partial charge in [-0.2, -0.15) is 0 Å². The van der Waals surface area contributed by atoms with Crippen molar-refractivity contribution in [3.63, 3.8) is 0 Å². The number of aromatic nitrogens is 3. The molecule has 0 aliphatic carbocycles. The van der Waals surface area contributed by atoms with Crippen molar-refractivity contribution in [2.24, 2.45) is 0 Å². The van der Waals surface area contributed by atoms with Gasteiger partial charge in [-0.1, -0.05) is 145 Å². The lowest BCUT2D eigenvalue weighted by atomic mass is 9.79. The van der Waals surface area contributed by atoms with Crippen LogP contribution in [0.15, 0.2) is 164 Å². The number of para-hydroxylation sites is 1. The second kappa shape index (κ2) is 16.6. The molecule has 0 amide bonds. The first-order chi connectivity index (χ1) is 31.9. The van der Waals surface area contributed by atoms with Crippen LogP contribution in [0.3, 0.4) is 0 Å². The topological polar surface area (TPSA) is 39.9 Å². The van der Waals surface area contributed by atoms with Gasteiger partial charge in [0.05, 0.1) is 35.1 Å². The Bertz CT molecular complexity index is 3270. The first-order valence-corrected chi connectivity index (χ1v) is 22.1. The Hall–Kier alpha value is -7.04. The maximum absolute atomic E-state index is 9.11. The van der Waals surface area contributed by atoms with Gasteiger partial charge in [0, 0.05) is 21.4 Å². The van der Waals surface area contributed by atoms with Crippen LogP contribution in [-0.2, 0) is 10.8 Å². The van der Waals surface area contributed by atoms with E-state index in [-0.39, 0.29) is 16.4 Å². The summed E-state index contributed by atoms with van der Waals surface area (Å²) in [7, 11) is 1.68. The molecule has 4 nitrogen and oxygen atoms in total. The molecular formula is C60H57N3O. The molecule has 0 saturated heterocycles. The van der Waals surface area contributed by atoms with Crippen LogP contribution in [0.2, 0.25) is 0 Å². The van der Waals surface area contributed by atoms with Gasteiger partial charge in [0.15, 0.2) is 0 Å². The minimum absolute atomic E-state index is 0.111. The van der Waals surface area contributed by atoms with Crippen LogP contribution in [0, 0.1) is 20.7 Å². The van der Waals surface area contributed by atoms with E-state index in [1.165, 1.54) is 11.1 Å². The van der Waals surface area contributed by atoms with Crippen LogP contribution in [0.4, 0.5) is 0 Å². The van der Waals surface area contributed by atoms with Crippen molar-refractivity contribution >= 4 is 11.0 Å². The fourth-order valence-corrected chi connectivity index (χ4v) is 8.85. The van der Waals surface area contributed by atoms with E-state index in [1.807, 2.05) is 60.2 Å². The van der Waals surface area contributed by atoms with Crippen molar-refractivity contribution in [1.82, 2.24) is 14.5 Å². The lowest BCUT2D eigenvalue weighted by molar-refractivity contribution is 0.413. The highest BCUT2D eigenvalue weighted by Gasteiger charge is 2.25. The molecule has 9 rings (SSSR count). The number of pyridine rings is 1. The number of fused-ring (bicyclic) bond motifs is 1. The zero-order chi connectivity index (χ0) is 47.4. The molecule has 0 aliphatic rings. The number of hydrogen-bond donors (Lipinski definition) is 0. The monoisotopic (exact) mass is 838 g/mol. The third kappa shape index (κ3) is 8.17. The van der Waals surface area contributed by atoms with E-state index in [4.69, 9.17) is 18.8 Å². The normalized spacial score (nSPS) is 12.8. The van der Waals surface area contributed by atoms with E-state index in [0.29, 0.717) is 17.3 Å². The molecule has 0 atom stereocenters. The maximum Gasteiger partial charge on any atom is 0.149 e. The fraction of sp³-hybridized carbons (Fsp3) is 0.200. The summed E-state index contributed by atoms with van der Waals surface area (Å²) < 4.78 is 35.5. The van der Waals surface area contributed by atoms with Gasteiger partial charge in [-0.05, 0) is 153 Å². The summed E-state index contributed by atoms with van der Waals surface area (Å²) in [6.07, 6.45) is 1.87. The average molecular weight is 839 g/mol. The van der Waals surface area contributed by atoms with E-state index in [1.54, 1.807) is 7.11 Å². The van der Waals surface area contributed by atoms with Gasteiger partial charge in [-0.3, -0.25) is 9.55 Å². The molecule has 0 aliphatic heterocycles. The summed E-state index contributed by atoms with van der Waals surface area (Å²) in [5, 5.41) is 0. The summed E-state index contributed by atoms with van der Waals surface area (Å²) >= 11 is 0. The predicted octanol–water partition coefficient (Wildman–Crippen LogP) is 16.0. The van der Waals surface area contributed by atoms with Gasteiger partial charge in [-0.15, -0.1) is 0 Å². The third-order valence-electron chi connectivity index (χ3n) is 12.3. The summed E-state index contributed by atoms with van der Waals surface area (Å²) in [5.41, 5.74) is 17.0. The van der Waals surface area contributed by atoms with E-state index < -0.39 is 6.85 Å². The standard InChI is InChI=1S/C60H57N3O/c1-38-28-40(3)57(64-10)52(29-38)58-62-56-51(47-31-45(42-20-15-12-16-21-42)32-48(33-47)53-36-44(26-27-61-53)41-18-13-11-14-19-41)22-17-23-55(56)63(58)54-25-24-43(30-39(54)2)46-34-49(59(4,5)6)37-50(35-46)60(7,8)9/h11-37H,1-10H3/i2D3. The van der Waals surface area contributed by atoms with E-state index in [0.717, 1.165) is 83.5 Å². The van der Waals surface area contributed by atoms with Gasteiger partial charge in [0.2, 0.25) is 0 Å². The highest BCUT2D eigenvalue weighted by molar-refractivity contribution is 5.98. The molecule has 0 bridgehead atoms. The Kier molecular flexibility index (Phi) is 10.0. The van der Waals surface area contributed by atoms with Gasteiger partial charge in [0.1, 0.15) is 11.6 Å². The average Bonchev–Trinajstić information content (AvgIpc) is 3.70. The predicted molar refractivity (Wildman–Crippen MR) is 270 cm³/mol. The molecule has 0 fully saturated rings. The lowest BCUT2D eigenvalue weighted by Crippen LogP contribution is -2.16. The fourth-order valence-electron chi connectivity index (χ4n) is 8.85. The minimum Gasteiger partial charge on any atom is -0.496 e. The summed E-state index contributed by atoms with van der Waals surface area (Å²) in [5.74, 6) is 1.27. The summed E-state index contributed by atoms with van der Waals surface area (Å²) in [6.45, 7) is 14.9. The SMILES string of the molecule is [2H]C([2H])([2H])c1cc(-c2cc(C(C)(C)C)cc(C(C)(C)C)c2)ccc1-n1c(-c2cc(C)cc(C)c2OC)nc2c(-c3cc(-c4ccccc4)cc(-c4cc(-c5ccccc5)ccn4)c3)cccc21. The zero-order valence-corrected chi connectivity index (χ0v) is 38.3. The molecule has 0 radical (unpaired) electrons. The number of aryl methyl sites for hydroxylation is 3. The van der Waals surface area contributed by atoms with Crippen LogP contribution in [0.1, 0.15) is 73.5 Å². The second-order valence-electron chi connectivity index (χ2n) is 19.1. The first kappa shape index (κ1) is 38.6. The molecule has 0 N–H and O–H groups in total. The molecule has 0 spiro atoms. The lowest BCUT2D eigenvalue weighted by Gasteiger charge is -2.26. The summed E-state index contributed by atoms with van der Waals surface area (Å²) in [6, 6.07) is 54.5. The number of methoxy groups -OCH3 is 1. The summed E-state index contributed by atoms with van der Waals surface area (Å²) in [4.78, 5) is 10.5. The van der Waals surface area contributed by atoms with Crippen LogP contribution in [0.25, 0.3) is 83.9 Å². The molecule has 4 heteroatoms. The molecule has 2 aromatic heterocycles. The molecule has 318 valence electrons. The van der Waals surface area contributed by atoms with Crippen LogP contribution in [-0.4, -0.2) is 21.6 Å². The van der Waals surface area contributed by atoms with Crippen LogP contribution < -0.4 is 4.74 Å². The molecule has 64 heavy (non-hydrogen) atoms. The molecule has 0 saturated carbocycles. The van der Waals surface area contributed by atoms with Crippen LogP contribution >= 0.6 is 0 Å². The van der Waals surface area contributed by atoms with Gasteiger partial charge in [-0.25, -0.2) is 4.98 Å². The molecule has 9 aromatic rings. The molecule has 7 aromatic carbocycles. The Balaban J connectivity index is 1.32. The third-order valence-corrected chi connectivity index (χ3v) is 12.3. The smallest absolute Gasteiger partial charge is 0.149 e. The van der Waals surface area contributed by atoms with E-state index in [9.17, 15) is 0 Å². The van der Waals surface area contributed by atoms with Gasteiger partial charge < -0.3 is 4.74 Å². The Morgan fingerprint density at radius 3 is 1.80 bits per heavy atom.